The second-order valence-electron chi connectivity index (χ2n) is 9.07. The molecule has 0 aromatic heterocycles. The number of thioether (sulfide) groups is 1. The third kappa shape index (κ3) is 5.60. The Labute approximate surface area is 193 Å². The van der Waals surface area contributed by atoms with Gasteiger partial charge >= 0.3 is 0 Å². The van der Waals surface area contributed by atoms with Gasteiger partial charge in [0.2, 0.25) is 0 Å². The molecule has 0 saturated heterocycles. The topological polar surface area (TPSA) is 58.9 Å². The van der Waals surface area contributed by atoms with Crippen LogP contribution in [-0.2, 0) is 0 Å². The second-order valence-corrected chi connectivity index (χ2v) is 15.6. The van der Waals surface area contributed by atoms with Crippen LogP contribution in [-0.4, -0.2) is 31.7 Å². The van der Waals surface area contributed by atoms with E-state index in [0.717, 1.165) is 11.3 Å². The van der Waals surface area contributed by atoms with Crippen molar-refractivity contribution < 1.29 is 19.4 Å². The predicted octanol–water partition coefficient (Wildman–Crippen LogP) is 7.17. The van der Waals surface area contributed by atoms with E-state index in [-0.39, 0.29) is 11.0 Å². The van der Waals surface area contributed by atoms with Crippen LogP contribution in [0.25, 0.3) is 0 Å². The lowest BCUT2D eigenvalue weighted by Crippen LogP contribution is -2.50. The molecule has 0 radical (unpaired) electrons. The molecule has 0 amide bonds. The fraction of sp³-hybridized carbons (Fsp3) is 0.520. The number of ether oxygens (including phenoxy) is 1. The molecular weight excluding hydrogens is 424 g/mol. The van der Waals surface area contributed by atoms with Gasteiger partial charge < -0.3 is 19.4 Å². The average Bonchev–Trinajstić information content (AvgIpc) is 2.70. The Morgan fingerprint density at radius 1 is 0.839 bits per heavy atom. The van der Waals surface area contributed by atoms with Crippen LogP contribution in [0, 0.1) is 0 Å². The zero-order valence-electron chi connectivity index (χ0n) is 20.0. The Morgan fingerprint density at radius 2 is 1.39 bits per heavy atom. The van der Waals surface area contributed by atoms with Crippen molar-refractivity contribution in [3.05, 3.63) is 48.0 Å². The summed E-state index contributed by atoms with van der Waals surface area (Å²) in [4.78, 5) is 0.677. The summed E-state index contributed by atoms with van der Waals surface area (Å²) in [5.74, 6) is 1.42. The number of hydrogen-bond acceptors (Lipinski definition) is 5. The summed E-state index contributed by atoms with van der Waals surface area (Å²) in [6.45, 7) is 15.4. The number of hydrogen-bond donors (Lipinski definition) is 2. The SMILES string of the molecule is COc1cccc(S[C@@H](c2ccc(O[Si](C(C)C)(C(C)C)C(C)C)cc2)[C@H](C)O)c1O. The molecule has 0 bridgehead atoms. The van der Waals surface area contributed by atoms with Crippen LogP contribution < -0.4 is 9.16 Å². The molecule has 2 aromatic rings. The third-order valence-corrected chi connectivity index (χ3v) is 13.6. The molecule has 0 fully saturated rings. The highest BCUT2D eigenvalue weighted by Crippen LogP contribution is 2.46. The van der Waals surface area contributed by atoms with E-state index in [1.54, 1.807) is 13.0 Å². The van der Waals surface area contributed by atoms with Crippen molar-refractivity contribution >= 4 is 20.1 Å². The summed E-state index contributed by atoms with van der Waals surface area (Å²) in [6.07, 6.45) is -0.599. The molecule has 172 valence electrons. The third-order valence-electron chi connectivity index (χ3n) is 6.08. The minimum Gasteiger partial charge on any atom is -0.543 e. The standard InChI is InChI=1S/C25H38O4SSi/c1-16(2)31(17(3)4,18(5)6)29-21-14-12-20(13-15-21)25(19(7)26)30-23-11-9-10-22(28-8)24(23)27/h9-19,25-27H,1-8H3/t19-,25+/m0/s1. The molecule has 2 rings (SSSR count). The van der Waals surface area contributed by atoms with Gasteiger partial charge in [0.15, 0.2) is 11.5 Å². The number of aliphatic hydroxyl groups is 1. The normalized spacial score (nSPS) is 14.2. The second kappa shape index (κ2) is 10.8. The lowest BCUT2D eigenvalue weighted by atomic mass is 10.1. The summed E-state index contributed by atoms with van der Waals surface area (Å²) < 4.78 is 12.0. The first kappa shape index (κ1) is 25.6. The van der Waals surface area contributed by atoms with Gasteiger partial charge in [0, 0.05) is 0 Å². The number of aliphatic hydroxyl groups excluding tert-OH is 1. The fourth-order valence-electron chi connectivity index (χ4n) is 4.63. The van der Waals surface area contributed by atoms with Gasteiger partial charge in [-0.1, -0.05) is 59.7 Å². The summed E-state index contributed by atoms with van der Waals surface area (Å²) in [5, 5.41) is 20.7. The van der Waals surface area contributed by atoms with E-state index in [1.807, 2.05) is 36.4 Å². The Kier molecular flexibility index (Phi) is 8.92. The van der Waals surface area contributed by atoms with Crippen LogP contribution in [0.4, 0.5) is 0 Å². The van der Waals surface area contributed by atoms with Crippen LogP contribution in [0.15, 0.2) is 47.4 Å². The van der Waals surface area contributed by atoms with Gasteiger partial charge in [-0.15, -0.1) is 11.8 Å². The number of para-hydroxylation sites is 1. The van der Waals surface area contributed by atoms with Crippen LogP contribution in [0.1, 0.15) is 59.3 Å². The van der Waals surface area contributed by atoms with E-state index >= 15 is 0 Å². The Balaban J connectivity index is 2.31. The molecule has 6 heteroatoms. The monoisotopic (exact) mass is 462 g/mol. The molecule has 0 aliphatic heterocycles. The van der Waals surface area contributed by atoms with Crippen molar-refractivity contribution in [2.24, 2.45) is 0 Å². The molecule has 31 heavy (non-hydrogen) atoms. The number of benzene rings is 2. The van der Waals surface area contributed by atoms with Crippen molar-refractivity contribution in [3.8, 4) is 17.2 Å². The molecule has 0 spiro atoms. The smallest absolute Gasteiger partial charge is 0.258 e. The van der Waals surface area contributed by atoms with Crippen molar-refractivity contribution in [3.63, 3.8) is 0 Å². The summed E-state index contributed by atoms with van der Waals surface area (Å²) in [6, 6.07) is 13.5. The van der Waals surface area contributed by atoms with Gasteiger partial charge in [0.1, 0.15) is 5.75 Å². The zero-order chi connectivity index (χ0) is 23.3. The number of phenolic OH excluding ortho intramolecular Hbond substituents is 1. The summed E-state index contributed by atoms with van der Waals surface area (Å²) in [7, 11) is -0.484. The predicted molar refractivity (Wildman–Crippen MR) is 133 cm³/mol. The first-order valence-corrected chi connectivity index (χ1v) is 14.1. The number of methoxy groups -OCH3 is 1. The van der Waals surface area contributed by atoms with E-state index in [2.05, 4.69) is 41.5 Å². The maximum absolute atomic E-state index is 10.5. The molecule has 0 aliphatic carbocycles. The van der Waals surface area contributed by atoms with Gasteiger partial charge in [0.25, 0.3) is 8.32 Å². The van der Waals surface area contributed by atoms with Crippen LogP contribution in [0.3, 0.4) is 0 Å². The molecule has 0 saturated carbocycles. The minimum absolute atomic E-state index is 0.0992. The van der Waals surface area contributed by atoms with Crippen molar-refractivity contribution in [2.75, 3.05) is 7.11 Å². The molecule has 2 atom stereocenters. The fourth-order valence-corrected chi connectivity index (χ4v) is 11.0. The van der Waals surface area contributed by atoms with Crippen LogP contribution in [0.5, 0.6) is 17.2 Å². The van der Waals surface area contributed by atoms with Crippen LogP contribution in [0.2, 0.25) is 16.6 Å². The lowest BCUT2D eigenvalue weighted by molar-refractivity contribution is 0.192. The van der Waals surface area contributed by atoms with E-state index in [1.165, 1.54) is 18.9 Å². The number of aromatic hydroxyl groups is 1. The number of phenols is 1. The summed E-state index contributed by atoms with van der Waals surface area (Å²) >= 11 is 1.43. The van der Waals surface area contributed by atoms with E-state index < -0.39 is 14.4 Å². The Bertz CT molecular complexity index is 812. The molecule has 0 unspecified atom stereocenters. The van der Waals surface area contributed by atoms with Crippen molar-refractivity contribution in [1.29, 1.82) is 0 Å². The highest BCUT2D eigenvalue weighted by atomic mass is 32.2. The molecule has 4 nitrogen and oxygen atoms in total. The maximum Gasteiger partial charge on any atom is 0.258 e. The Morgan fingerprint density at radius 3 is 1.84 bits per heavy atom. The summed E-state index contributed by atoms with van der Waals surface area (Å²) in [5.41, 5.74) is 2.50. The van der Waals surface area contributed by atoms with E-state index in [0.29, 0.717) is 27.3 Å². The van der Waals surface area contributed by atoms with Gasteiger partial charge in [-0.3, -0.25) is 0 Å². The molecular formula is C25H38O4SSi. The van der Waals surface area contributed by atoms with Gasteiger partial charge in [0.05, 0.1) is 23.4 Å². The molecule has 2 aromatic carbocycles. The highest BCUT2D eigenvalue weighted by Gasteiger charge is 2.47. The quantitative estimate of drug-likeness (QED) is 0.289. The zero-order valence-corrected chi connectivity index (χ0v) is 21.9. The van der Waals surface area contributed by atoms with E-state index in [4.69, 9.17) is 9.16 Å². The minimum atomic E-state index is -2.02. The van der Waals surface area contributed by atoms with Gasteiger partial charge in [-0.25, -0.2) is 0 Å². The largest absolute Gasteiger partial charge is 0.543 e. The average molecular weight is 463 g/mol. The molecule has 0 heterocycles. The highest BCUT2D eigenvalue weighted by molar-refractivity contribution is 7.99. The van der Waals surface area contributed by atoms with Gasteiger partial charge in [-0.2, -0.15) is 0 Å². The van der Waals surface area contributed by atoms with Crippen LogP contribution >= 0.6 is 11.8 Å². The van der Waals surface area contributed by atoms with Crippen molar-refractivity contribution in [1.82, 2.24) is 0 Å². The van der Waals surface area contributed by atoms with Gasteiger partial charge in [-0.05, 0) is 53.4 Å². The van der Waals surface area contributed by atoms with Crippen molar-refractivity contribution in [2.45, 2.75) is 81.3 Å². The van der Waals surface area contributed by atoms with E-state index in [9.17, 15) is 10.2 Å². The number of rotatable bonds is 10. The maximum atomic E-state index is 10.5. The first-order chi connectivity index (χ1) is 14.5. The molecule has 2 N–H and O–H groups in total. The first-order valence-electron chi connectivity index (χ1n) is 11.0. The lowest BCUT2D eigenvalue weighted by Gasteiger charge is -2.42. The Hall–Kier alpha value is -1.63. The molecule has 0 aliphatic rings.